The molecule has 1 amide bonds. The van der Waals surface area contributed by atoms with Crippen LogP contribution in [0.15, 0.2) is 53.0 Å². The largest absolute Gasteiger partial charge is 0.494 e. The molecule has 2 aromatic carbocycles. The van der Waals surface area contributed by atoms with Crippen LogP contribution in [0, 0.1) is 6.92 Å². The minimum absolute atomic E-state index is 0.0332. The molecule has 0 N–H and O–H groups in total. The van der Waals surface area contributed by atoms with E-state index in [4.69, 9.17) is 4.74 Å². The number of hydrogen-bond acceptors (Lipinski definition) is 3. The van der Waals surface area contributed by atoms with Crippen molar-refractivity contribution >= 4 is 32.7 Å². The van der Waals surface area contributed by atoms with Crippen LogP contribution in [0.1, 0.15) is 28.5 Å². The molecule has 0 radical (unpaired) electrons. The van der Waals surface area contributed by atoms with E-state index < -0.39 is 0 Å². The summed E-state index contributed by atoms with van der Waals surface area (Å²) in [5.74, 6) is 0.781. The lowest BCUT2D eigenvalue weighted by Crippen LogP contribution is -2.27. The number of aromatic nitrogens is 1. The average Bonchev–Trinajstić information content (AvgIpc) is 2.61. The number of rotatable bonds is 5. The number of ether oxygens (including phenoxy) is 1. The number of hydrogen-bond donors (Lipinski definition) is 0. The SMILES string of the molecule is CCOc1ccccc1CN(C)C(=O)c1cc(C)nc2cc(Br)ccc12. The van der Waals surface area contributed by atoms with E-state index in [0.29, 0.717) is 18.7 Å². The third kappa shape index (κ3) is 3.88. The van der Waals surface area contributed by atoms with Gasteiger partial charge in [-0.3, -0.25) is 9.78 Å². The molecule has 0 spiro atoms. The van der Waals surface area contributed by atoms with E-state index >= 15 is 0 Å². The molecular formula is C21H21BrN2O2. The summed E-state index contributed by atoms with van der Waals surface area (Å²) >= 11 is 3.47. The second kappa shape index (κ2) is 7.87. The van der Waals surface area contributed by atoms with Crippen molar-refractivity contribution < 1.29 is 9.53 Å². The number of carbonyl (C=O) groups excluding carboxylic acids is 1. The van der Waals surface area contributed by atoms with E-state index in [1.165, 1.54) is 0 Å². The molecule has 0 aliphatic carbocycles. The number of para-hydroxylation sites is 1. The van der Waals surface area contributed by atoms with Gasteiger partial charge in [-0.25, -0.2) is 0 Å². The Bertz CT molecular complexity index is 951. The number of aryl methyl sites for hydroxylation is 1. The maximum atomic E-state index is 13.1. The number of pyridine rings is 1. The van der Waals surface area contributed by atoms with E-state index in [1.54, 1.807) is 4.90 Å². The Labute approximate surface area is 161 Å². The van der Waals surface area contributed by atoms with Crippen molar-refractivity contribution in [2.75, 3.05) is 13.7 Å². The maximum absolute atomic E-state index is 13.1. The minimum Gasteiger partial charge on any atom is -0.494 e. The highest BCUT2D eigenvalue weighted by molar-refractivity contribution is 9.10. The van der Waals surface area contributed by atoms with Crippen molar-refractivity contribution in [2.45, 2.75) is 20.4 Å². The van der Waals surface area contributed by atoms with Crippen molar-refractivity contribution in [3.8, 4) is 5.75 Å². The highest BCUT2D eigenvalue weighted by Crippen LogP contribution is 2.25. The fourth-order valence-corrected chi connectivity index (χ4v) is 3.32. The molecule has 3 rings (SSSR count). The number of nitrogens with zero attached hydrogens (tertiary/aromatic N) is 2. The first-order valence-corrected chi connectivity index (χ1v) is 9.32. The number of amides is 1. The van der Waals surface area contributed by atoms with Gasteiger partial charge in [0.25, 0.3) is 5.91 Å². The lowest BCUT2D eigenvalue weighted by atomic mass is 10.1. The molecule has 0 saturated carbocycles. The number of carbonyl (C=O) groups is 1. The van der Waals surface area contributed by atoms with E-state index in [0.717, 1.165) is 32.4 Å². The molecule has 0 fully saturated rings. The van der Waals surface area contributed by atoms with Crippen LogP contribution in [-0.4, -0.2) is 29.4 Å². The summed E-state index contributed by atoms with van der Waals surface area (Å²) in [6.07, 6.45) is 0. The van der Waals surface area contributed by atoms with Crippen LogP contribution < -0.4 is 4.74 Å². The molecule has 0 aliphatic heterocycles. The summed E-state index contributed by atoms with van der Waals surface area (Å²) in [7, 11) is 1.81. The molecule has 1 heterocycles. The molecule has 0 bridgehead atoms. The Morgan fingerprint density at radius 1 is 1.19 bits per heavy atom. The highest BCUT2D eigenvalue weighted by Gasteiger charge is 2.18. The molecule has 1 aromatic heterocycles. The van der Waals surface area contributed by atoms with Gasteiger partial charge >= 0.3 is 0 Å². The van der Waals surface area contributed by atoms with Crippen LogP contribution in [0.4, 0.5) is 0 Å². The summed E-state index contributed by atoms with van der Waals surface area (Å²) in [6, 6.07) is 15.5. The van der Waals surface area contributed by atoms with Crippen LogP contribution in [0.5, 0.6) is 5.75 Å². The third-order valence-electron chi connectivity index (χ3n) is 4.16. The van der Waals surface area contributed by atoms with Crippen LogP contribution >= 0.6 is 15.9 Å². The van der Waals surface area contributed by atoms with Gasteiger partial charge in [0.15, 0.2) is 0 Å². The van der Waals surface area contributed by atoms with Crippen molar-refractivity contribution in [1.82, 2.24) is 9.88 Å². The van der Waals surface area contributed by atoms with Gasteiger partial charge in [-0.2, -0.15) is 0 Å². The second-order valence-corrected chi connectivity index (χ2v) is 7.09. The Morgan fingerprint density at radius 3 is 2.73 bits per heavy atom. The Kier molecular flexibility index (Phi) is 5.57. The zero-order valence-corrected chi connectivity index (χ0v) is 16.7. The average molecular weight is 413 g/mol. The normalized spacial score (nSPS) is 10.8. The minimum atomic E-state index is -0.0332. The summed E-state index contributed by atoms with van der Waals surface area (Å²) in [6.45, 7) is 4.93. The molecule has 26 heavy (non-hydrogen) atoms. The quantitative estimate of drug-likeness (QED) is 0.593. The van der Waals surface area contributed by atoms with Gasteiger partial charge < -0.3 is 9.64 Å². The monoisotopic (exact) mass is 412 g/mol. The van der Waals surface area contributed by atoms with Gasteiger partial charge in [-0.05, 0) is 38.1 Å². The predicted octanol–water partition coefficient (Wildman–Crippen LogP) is 4.98. The van der Waals surface area contributed by atoms with Crippen molar-refractivity contribution in [2.24, 2.45) is 0 Å². The van der Waals surface area contributed by atoms with Gasteiger partial charge in [0, 0.05) is 34.7 Å². The molecule has 134 valence electrons. The fourth-order valence-electron chi connectivity index (χ4n) is 2.97. The first-order valence-electron chi connectivity index (χ1n) is 8.52. The van der Waals surface area contributed by atoms with E-state index in [9.17, 15) is 4.79 Å². The molecular weight excluding hydrogens is 392 g/mol. The predicted molar refractivity (Wildman–Crippen MR) is 108 cm³/mol. The number of fused-ring (bicyclic) bond motifs is 1. The van der Waals surface area contributed by atoms with Gasteiger partial charge in [-0.1, -0.05) is 40.2 Å². The van der Waals surface area contributed by atoms with E-state index in [2.05, 4.69) is 20.9 Å². The van der Waals surface area contributed by atoms with Crippen molar-refractivity contribution in [3.63, 3.8) is 0 Å². The van der Waals surface area contributed by atoms with E-state index in [1.807, 2.05) is 69.4 Å². The topological polar surface area (TPSA) is 42.4 Å². The van der Waals surface area contributed by atoms with Gasteiger partial charge in [0.2, 0.25) is 0 Å². The third-order valence-corrected chi connectivity index (χ3v) is 4.65. The zero-order valence-electron chi connectivity index (χ0n) is 15.1. The lowest BCUT2D eigenvalue weighted by Gasteiger charge is -2.20. The first-order chi connectivity index (χ1) is 12.5. The standard InChI is InChI=1S/C21H21BrN2O2/c1-4-26-20-8-6-5-7-15(20)13-24(3)21(25)18-11-14(2)23-19-12-16(22)9-10-17(18)19/h5-12H,4,13H2,1-3H3. The summed E-state index contributed by atoms with van der Waals surface area (Å²) < 4.78 is 6.62. The van der Waals surface area contributed by atoms with Gasteiger partial charge in [0.05, 0.1) is 17.7 Å². The van der Waals surface area contributed by atoms with Crippen LogP contribution in [0.25, 0.3) is 10.9 Å². The highest BCUT2D eigenvalue weighted by atomic mass is 79.9. The van der Waals surface area contributed by atoms with Gasteiger partial charge in [-0.15, -0.1) is 0 Å². The van der Waals surface area contributed by atoms with Crippen molar-refractivity contribution in [1.29, 1.82) is 0 Å². The molecule has 0 saturated heterocycles. The Hall–Kier alpha value is -2.40. The van der Waals surface area contributed by atoms with E-state index in [-0.39, 0.29) is 5.91 Å². The molecule has 4 nitrogen and oxygen atoms in total. The molecule has 0 atom stereocenters. The Balaban J connectivity index is 1.93. The van der Waals surface area contributed by atoms with Crippen molar-refractivity contribution in [3.05, 3.63) is 69.8 Å². The molecule has 0 unspecified atom stereocenters. The van der Waals surface area contributed by atoms with Gasteiger partial charge in [0.1, 0.15) is 5.75 Å². The number of halogens is 1. The summed E-state index contributed by atoms with van der Waals surface area (Å²) in [5.41, 5.74) is 3.28. The molecule has 3 aromatic rings. The zero-order chi connectivity index (χ0) is 18.7. The molecule has 0 aliphatic rings. The second-order valence-electron chi connectivity index (χ2n) is 6.17. The summed E-state index contributed by atoms with van der Waals surface area (Å²) in [5, 5.41) is 0.855. The molecule has 5 heteroatoms. The summed E-state index contributed by atoms with van der Waals surface area (Å²) in [4.78, 5) is 19.4. The van der Waals surface area contributed by atoms with Crippen LogP contribution in [0.2, 0.25) is 0 Å². The fraction of sp³-hybridized carbons (Fsp3) is 0.238. The van der Waals surface area contributed by atoms with Crippen LogP contribution in [0.3, 0.4) is 0 Å². The lowest BCUT2D eigenvalue weighted by molar-refractivity contribution is 0.0786. The Morgan fingerprint density at radius 2 is 1.96 bits per heavy atom. The first kappa shape index (κ1) is 18.4. The maximum Gasteiger partial charge on any atom is 0.254 e. The van der Waals surface area contributed by atoms with Crippen LogP contribution in [-0.2, 0) is 6.54 Å². The number of benzene rings is 2. The smallest absolute Gasteiger partial charge is 0.254 e.